The molecule has 1 aromatic heterocycles. The number of pyridine rings is 1. The summed E-state index contributed by atoms with van der Waals surface area (Å²) in [7, 11) is 0. The zero-order chi connectivity index (χ0) is 9.97. The van der Waals surface area contributed by atoms with Gasteiger partial charge < -0.3 is 10.2 Å². The molecule has 2 N–H and O–H groups in total. The van der Waals surface area contributed by atoms with E-state index in [0.29, 0.717) is 0 Å². The number of aliphatic hydroxyl groups is 2. The quantitative estimate of drug-likeness (QED) is 0.747. The molecular weight excluding hydrogens is 178 g/mol. The molecule has 0 aliphatic rings. The van der Waals surface area contributed by atoms with Crippen LogP contribution in [0.15, 0.2) is 36.5 Å². The van der Waals surface area contributed by atoms with Gasteiger partial charge in [0.05, 0.1) is 12.1 Å². The third-order valence-corrected chi connectivity index (χ3v) is 2.21. The molecule has 0 aliphatic heterocycles. The first kappa shape index (κ1) is 9.12. The first-order valence-electron chi connectivity index (χ1n) is 4.45. The highest BCUT2D eigenvalue weighted by Gasteiger charge is 2.09. The van der Waals surface area contributed by atoms with E-state index in [2.05, 4.69) is 4.98 Å². The molecule has 3 nitrogen and oxygen atoms in total. The Kier molecular flexibility index (Phi) is 2.43. The molecule has 0 amide bonds. The molecule has 14 heavy (non-hydrogen) atoms. The SMILES string of the molecule is OC[C@H](O)c1ccnc2ccccc12. The van der Waals surface area contributed by atoms with Crippen LogP contribution in [0.3, 0.4) is 0 Å². The van der Waals surface area contributed by atoms with E-state index in [0.717, 1.165) is 16.5 Å². The van der Waals surface area contributed by atoms with Crippen LogP contribution in [0, 0.1) is 0 Å². The number of benzene rings is 1. The lowest BCUT2D eigenvalue weighted by molar-refractivity contribution is 0.0967. The molecule has 0 unspecified atom stereocenters. The molecule has 3 heteroatoms. The van der Waals surface area contributed by atoms with E-state index in [1.165, 1.54) is 0 Å². The number of nitrogens with zero attached hydrogens (tertiary/aromatic N) is 1. The summed E-state index contributed by atoms with van der Waals surface area (Å²) < 4.78 is 0. The van der Waals surface area contributed by atoms with Crippen LogP contribution in [0.25, 0.3) is 10.9 Å². The molecule has 2 rings (SSSR count). The first-order valence-corrected chi connectivity index (χ1v) is 4.45. The Morgan fingerprint density at radius 1 is 1.21 bits per heavy atom. The van der Waals surface area contributed by atoms with E-state index in [4.69, 9.17) is 5.11 Å². The molecule has 1 aromatic carbocycles. The highest BCUT2D eigenvalue weighted by atomic mass is 16.3. The van der Waals surface area contributed by atoms with E-state index < -0.39 is 6.10 Å². The van der Waals surface area contributed by atoms with Gasteiger partial charge in [0.25, 0.3) is 0 Å². The van der Waals surface area contributed by atoms with Crippen molar-refractivity contribution in [3.63, 3.8) is 0 Å². The maximum atomic E-state index is 9.55. The lowest BCUT2D eigenvalue weighted by Gasteiger charge is -2.09. The Labute approximate surface area is 81.7 Å². The Morgan fingerprint density at radius 2 is 2.00 bits per heavy atom. The second kappa shape index (κ2) is 3.74. The summed E-state index contributed by atoms with van der Waals surface area (Å²) in [4.78, 5) is 4.17. The lowest BCUT2D eigenvalue weighted by atomic mass is 10.1. The van der Waals surface area contributed by atoms with Crippen molar-refractivity contribution >= 4 is 10.9 Å². The largest absolute Gasteiger partial charge is 0.393 e. The van der Waals surface area contributed by atoms with Gasteiger partial charge in [-0.05, 0) is 17.7 Å². The topological polar surface area (TPSA) is 53.4 Å². The summed E-state index contributed by atoms with van der Waals surface area (Å²) in [5.74, 6) is 0. The van der Waals surface area contributed by atoms with Gasteiger partial charge in [0.15, 0.2) is 0 Å². The predicted octanol–water partition coefficient (Wildman–Crippen LogP) is 1.26. The van der Waals surface area contributed by atoms with Gasteiger partial charge in [-0.1, -0.05) is 18.2 Å². The second-order valence-corrected chi connectivity index (χ2v) is 3.12. The number of fused-ring (bicyclic) bond motifs is 1. The van der Waals surface area contributed by atoms with Crippen LogP contribution in [0.1, 0.15) is 11.7 Å². The van der Waals surface area contributed by atoms with Gasteiger partial charge in [-0.25, -0.2) is 0 Å². The number of aromatic nitrogens is 1. The molecule has 0 spiro atoms. The number of aliphatic hydroxyl groups excluding tert-OH is 2. The van der Waals surface area contributed by atoms with Crippen LogP contribution in [0.5, 0.6) is 0 Å². The monoisotopic (exact) mass is 189 g/mol. The summed E-state index contributed by atoms with van der Waals surface area (Å²) in [6.45, 7) is -0.270. The Balaban J connectivity index is 2.65. The van der Waals surface area contributed by atoms with Gasteiger partial charge in [-0.3, -0.25) is 4.98 Å². The van der Waals surface area contributed by atoms with Crippen molar-refractivity contribution < 1.29 is 10.2 Å². The summed E-state index contributed by atoms with van der Waals surface area (Å²) >= 11 is 0. The van der Waals surface area contributed by atoms with E-state index in [1.807, 2.05) is 24.3 Å². The van der Waals surface area contributed by atoms with Gasteiger partial charge in [0, 0.05) is 11.6 Å². The Morgan fingerprint density at radius 3 is 2.79 bits per heavy atom. The fourth-order valence-corrected chi connectivity index (χ4v) is 1.51. The average molecular weight is 189 g/mol. The highest BCUT2D eigenvalue weighted by Crippen LogP contribution is 2.21. The van der Waals surface area contributed by atoms with Crippen molar-refractivity contribution in [1.29, 1.82) is 0 Å². The molecule has 0 radical (unpaired) electrons. The number of hydrogen-bond acceptors (Lipinski definition) is 3. The molecule has 0 saturated carbocycles. The van der Waals surface area contributed by atoms with Crippen molar-refractivity contribution in [2.75, 3.05) is 6.61 Å². The van der Waals surface area contributed by atoms with Gasteiger partial charge in [0.1, 0.15) is 6.10 Å². The van der Waals surface area contributed by atoms with Crippen LogP contribution >= 0.6 is 0 Å². The van der Waals surface area contributed by atoms with Crippen molar-refractivity contribution in [3.8, 4) is 0 Å². The highest BCUT2D eigenvalue weighted by molar-refractivity contribution is 5.82. The van der Waals surface area contributed by atoms with Crippen LogP contribution in [-0.2, 0) is 0 Å². The first-order chi connectivity index (χ1) is 6.83. The summed E-state index contributed by atoms with van der Waals surface area (Å²) in [6.07, 6.45) is 0.805. The fourth-order valence-electron chi connectivity index (χ4n) is 1.51. The Hall–Kier alpha value is -1.45. The molecule has 0 fully saturated rings. The van der Waals surface area contributed by atoms with Crippen molar-refractivity contribution in [2.24, 2.45) is 0 Å². The van der Waals surface area contributed by atoms with Crippen molar-refractivity contribution in [3.05, 3.63) is 42.1 Å². The number of para-hydroxylation sites is 1. The van der Waals surface area contributed by atoms with Gasteiger partial charge in [0.2, 0.25) is 0 Å². The molecule has 72 valence electrons. The van der Waals surface area contributed by atoms with E-state index in [1.54, 1.807) is 12.3 Å². The lowest BCUT2D eigenvalue weighted by Crippen LogP contribution is -2.03. The average Bonchev–Trinajstić information content (AvgIpc) is 2.27. The summed E-state index contributed by atoms with van der Waals surface area (Å²) in [6, 6.07) is 9.27. The van der Waals surface area contributed by atoms with Crippen LogP contribution in [-0.4, -0.2) is 21.8 Å². The van der Waals surface area contributed by atoms with Gasteiger partial charge in [-0.2, -0.15) is 0 Å². The summed E-state index contributed by atoms with van der Waals surface area (Å²) in [5.41, 5.74) is 1.55. The minimum Gasteiger partial charge on any atom is -0.393 e. The summed E-state index contributed by atoms with van der Waals surface area (Å²) in [5, 5.41) is 19.3. The molecule has 1 heterocycles. The van der Waals surface area contributed by atoms with Crippen molar-refractivity contribution in [1.82, 2.24) is 4.98 Å². The molecular formula is C11H11NO2. The predicted molar refractivity (Wildman–Crippen MR) is 53.8 cm³/mol. The zero-order valence-electron chi connectivity index (χ0n) is 7.59. The molecule has 2 aromatic rings. The van der Waals surface area contributed by atoms with E-state index in [-0.39, 0.29) is 6.61 Å². The minimum atomic E-state index is -0.831. The normalized spacial score (nSPS) is 13.0. The van der Waals surface area contributed by atoms with Gasteiger partial charge >= 0.3 is 0 Å². The van der Waals surface area contributed by atoms with Gasteiger partial charge in [-0.15, -0.1) is 0 Å². The maximum Gasteiger partial charge on any atom is 0.103 e. The molecule has 0 saturated heterocycles. The third-order valence-electron chi connectivity index (χ3n) is 2.21. The van der Waals surface area contributed by atoms with E-state index in [9.17, 15) is 5.11 Å². The number of hydrogen-bond donors (Lipinski definition) is 2. The second-order valence-electron chi connectivity index (χ2n) is 3.12. The Bertz CT molecular complexity index is 437. The minimum absolute atomic E-state index is 0.270. The maximum absolute atomic E-state index is 9.55. The number of rotatable bonds is 2. The molecule has 0 aliphatic carbocycles. The van der Waals surface area contributed by atoms with Crippen LogP contribution < -0.4 is 0 Å². The standard InChI is InChI=1S/C11H11NO2/c13-7-11(14)9-5-6-12-10-4-2-1-3-8(9)10/h1-6,11,13-14H,7H2/t11-/m0/s1. The fraction of sp³-hybridized carbons (Fsp3) is 0.182. The molecule has 0 bridgehead atoms. The molecule has 1 atom stereocenters. The van der Waals surface area contributed by atoms with Crippen LogP contribution in [0.4, 0.5) is 0 Å². The van der Waals surface area contributed by atoms with E-state index >= 15 is 0 Å². The van der Waals surface area contributed by atoms with Crippen molar-refractivity contribution in [2.45, 2.75) is 6.10 Å². The third kappa shape index (κ3) is 1.47. The zero-order valence-corrected chi connectivity index (χ0v) is 7.59. The smallest absolute Gasteiger partial charge is 0.103 e. The van der Waals surface area contributed by atoms with Crippen LogP contribution in [0.2, 0.25) is 0 Å².